The summed E-state index contributed by atoms with van der Waals surface area (Å²) in [5, 5.41) is 6.14. The Hall–Kier alpha value is -0.220. The molecule has 4 heteroatoms. The molecule has 15 heavy (non-hydrogen) atoms. The average molecular weight is 232 g/mol. The second kappa shape index (κ2) is 11.9. The average Bonchev–Trinajstić information content (AvgIpc) is 2.25. The fourth-order valence-corrected chi connectivity index (χ4v) is 1.67. The summed E-state index contributed by atoms with van der Waals surface area (Å²) in [5.74, 6) is 1.40. The molecule has 0 spiro atoms. The van der Waals surface area contributed by atoms with Gasteiger partial charge in [-0.2, -0.15) is 11.8 Å². The van der Waals surface area contributed by atoms with Crippen molar-refractivity contribution in [2.45, 2.75) is 32.6 Å². The van der Waals surface area contributed by atoms with Gasteiger partial charge in [-0.15, -0.1) is 0 Å². The Bertz CT molecular complexity index is 154. The van der Waals surface area contributed by atoms with E-state index in [4.69, 9.17) is 0 Å². The molecule has 1 amide bonds. The standard InChI is InChI=1S/C11H24N2OS/c1-3-7-13-11(14)6-9-12-8-4-5-10-15-2/h12H,3-10H2,1-2H3,(H,13,14). The van der Waals surface area contributed by atoms with Crippen molar-refractivity contribution < 1.29 is 4.79 Å². The number of nitrogens with one attached hydrogen (secondary N) is 2. The van der Waals surface area contributed by atoms with Gasteiger partial charge < -0.3 is 10.6 Å². The van der Waals surface area contributed by atoms with Crippen LogP contribution in [0.2, 0.25) is 0 Å². The minimum Gasteiger partial charge on any atom is -0.356 e. The molecule has 0 saturated carbocycles. The fraction of sp³-hybridized carbons (Fsp3) is 0.909. The first-order valence-corrected chi connectivity index (χ1v) is 7.17. The Morgan fingerprint density at radius 2 is 2.00 bits per heavy atom. The van der Waals surface area contributed by atoms with Gasteiger partial charge >= 0.3 is 0 Å². The van der Waals surface area contributed by atoms with E-state index in [2.05, 4.69) is 23.8 Å². The fourth-order valence-electron chi connectivity index (χ4n) is 1.18. The lowest BCUT2D eigenvalue weighted by atomic mass is 10.3. The number of unbranched alkanes of at least 4 members (excludes halogenated alkanes) is 1. The summed E-state index contributed by atoms with van der Waals surface area (Å²) in [4.78, 5) is 11.2. The molecular formula is C11H24N2OS. The van der Waals surface area contributed by atoms with Gasteiger partial charge in [0.1, 0.15) is 0 Å². The molecule has 0 aromatic carbocycles. The van der Waals surface area contributed by atoms with Gasteiger partial charge in [0.05, 0.1) is 0 Å². The number of amides is 1. The maximum atomic E-state index is 11.2. The van der Waals surface area contributed by atoms with Gasteiger partial charge in [0.25, 0.3) is 0 Å². The Balaban J connectivity index is 3.06. The topological polar surface area (TPSA) is 41.1 Å². The third-order valence-corrected chi connectivity index (χ3v) is 2.75. The summed E-state index contributed by atoms with van der Waals surface area (Å²) in [5.41, 5.74) is 0. The molecule has 0 aromatic rings. The SMILES string of the molecule is CCCNC(=O)CCNCCCCSC. The van der Waals surface area contributed by atoms with Crippen LogP contribution in [0.5, 0.6) is 0 Å². The van der Waals surface area contributed by atoms with E-state index in [1.54, 1.807) is 0 Å². The zero-order valence-electron chi connectivity index (χ0n) is 9.97. The van der Waals surface area contributed by atoms with Gasteiger partial charge in [0, 0.05) is 19.5 Å². The highest BCUT2D eigenvalue weighted by molar-refractivity contribution is 7.98. The third kappa shape index (κ3) is 11.7. The second-order valence-electron chi connectivity index (χ2n) is 3.55. The van der Waals surface area contributed by atoms with E-state index < -0.39 is 0 Å². The Kier molecular flexibility index (Phi) is 11.7. The zero-order valence-corrected chi connectivity index (χ0v) is 10.8. The molecule has 0 saturated heterocycles. The van der Waals surface area contributed by atoms with Crippen molar-refractivity contribution in [1.82, 2.24) is 10.6 Å². The first kappa shape index (κ1) is 14.8. The summed E-state index contributed by atoms with van der Waals surface area (Å²) in [6, 6.07) is 0. The molecule has 0 heterocycles. The number of hydrogen-bond acceptors (Lipinski definition) is 3. The molecule has 0 aliphatic rings. The van der Waals surface area contributed by atoms with E-state index in [1.807, 2.05) is 11.8 Å². The Labute approximate surface area is 97.8 Å². The van der Waals surface area contributed by atoms with Gasteiger partial charge in [-0.05, 0) is 37.8 Å². The lowest BCUT2D eigenvalue weighted by Gasteiger charge is -2.05. The largest absolute Gasteiger partial charge is 0.356 e. The molecule has 2 N–H and O–H groups in total. The third-order valence-electron chi connectivity index (χ3n) is 2.05. The molecular weight excluding hydrogens is 208 g/mol. The maximum Gasteiger partial charge on any atom is 0.221 e. The van der Waals surface area contributed by atoms with Gasteiger partial charge in [0.15, 0.2) is 0 Å². The smallest absolute Gasteiger partial charge is 0.221 e. The molecule has 3 nitrogen and oxygen atoms in total. The van der Waals surface area contributed by atoms with Crippen LogP contribution in [0.1, 0.15) is 32.6 Å². The zero-order chi connectivity index (χ0) is 11.4. The van der Waals surface area contributed by atoms with Crippen molar-refractivity contribution in [2.24, 2.45) is 0 Å². The number of carbonyl (C=O) groups is 1. The summed E-state index contributed by atoms with van der Waals surface area (Å²) in [6.45, 7) is 4.69. The highest BCUT2D eigenvalue weighted by Crippen LogP contribution is 1.97. The Morgan fingerprint density at radius 1 is 1.20 bits per heavy atom. The summed E-state index contributed by atoms with van der Waals surface area (Å²) < 4.78 is 0. The van der Waals surface area contributed by atoms with E-state index >= 15 is 0 Å². The highest BCUT2D eigenvalue weighted by Gasteiger charge is 1.98. The van der Waals surface area contributed by atoms with Crippen LogP contribution >= 0.6 is 11.8 Å². The highest BCUT2D eigenvalue weighted by atomic mass is 32.2. The monoisotopic (exact) mass is 232 g/mol. The van der Waals surface area contributed by atoms with Crippen molar-refractivity contribution in [2.75, 3.05) is 31.6 Å². The summed E-state index contributed by atoms with van der Waals surface area (Å²) in [7, 11) is 0. The van der Waals surface area contributed by atoms with Crippen LogP contribution < -0.4 is 10.6 Å². The molecule has 0 bridgehead atoms. The van der Waals surface area contributed by atoms with E-state index in [-0.39, 0.29) is 5.91 Å². The van der Waals surface area contributed by atoms with Crippen molar-refractivity contribution in [1.29, 1.82) is 0 Å². The molecule has 0 aromatic heterocycles. The van der Waals surface area contributed by atoms with Crippen molar-refractivity contribution in [3.05, 3.63) is 0 Å². The van der Waals surface area contributed by atoms with Crippen LogP contribution in [0.4, 0.5) is 0 Å². The van der Waals surface area contributed by atoms with E-state index in [9.17, 15) is 4.79 Å². The van der Waals surface area contributed by atoms with Crippen LogP contribution in [-0.4, -0.2) is 37.6 Å². The number of rotatable bonds is 10. The molecule has 90 valence electrons. The van der Waals surface area contributed by atoms with Crippen LogP contribution in [-0.2, 0) is 4.79 Å². The molecule has 0 fully saturated rings. The van der Waals surface area contributed by atoms with E-state index in [1.165, 1.54) is 18.6 Å². The predicted molar refractivity (Wildman–Crippen MR) is 68.4 cm³/mol. The van der Waals surface area contributed by atoms with Crippen molar-refractivity contribution in [3.8, 4) is 0 Å². The number of carbonyl (C=O) groups excluding carboxylic acids is 1. The molecule has 0 unspecified atom stereocenters. The van der Waals surface area contributed by atoms with Gasteiger partial charge in [-0.25, -0.2) is 0 Å². The lowest BCUT2D eigenvalue weighted by Crippen LogP contribution is -2.28. The maximum absolute atomic E-state index is 11.2. The van der Waals surface area contributed by atoms with Crippen LogP contribution in [0.15, 0.2) is 0 Å². The predicted octanol–water partition coefficient (Wildman–Crippen LogP) is 1.64. The Morgan fingerprint density at radius 3 is 2.67 bits per heavy atom. The summed E-state index contributed by atoms with van der Waals surface area (Å²) >= 11 is 1.89. The summed E-state index contributed by atoms with van der Waals surface area (Å²) in [6.07, 6.45) is 6.20. The quantitative estimate of drug-likeness (QED) is 0.563. The second-order valence-corrected chi connectivity index (χ2v) is 4.54. The molecule has 0 radical (unpaired) electrons. The number of thioether (sulfide) groups is 1. The minimum absolute atomic E-state index is 0.161. The van der Waals surface area contributed by atoms with Gasteiger partial charge in [-0.1, -0.05) is 6.92 Å². The molecule has 0 rings (SSSR count). The first-order chi connectivity index (χ1) is 7.31. The van der Waals surface area contributed by atoms with E-state index in [0.717, 1.165) is 26.1 Å². The van der Waals surface area contributed by atoms with Crippen LogP contribution in [0.25, 0.3) is 0 Å². The molecule has 0 atom stereocenters. The van der Waals surface area contributed by atoms with Gasteiger partial charge in [0.2, 0.25) is 5.91 Å². The van der Waals surface area contributed by atoms with E-state index in [0.29, 0.717) is 6.42 Å². The van der Waals surface area contributed by atoms with Crippen LogP contribution in [0, 0.1) is 0 Å². The molecule has 0 aliphatic heterocycles. The first-order valence-electron chi connectivity index (χ1n) is 5.77. The van der Waals surface area contributed by atoms with Gasteiger partial charge in [-0.3, -0.25) is 4.79 Å². The number of hydrogen-bond donors (Lipinski definition) is 2. The van der Waals surface area contributed by atoms with Crippen LogP contribution in [0.3, 0.4) is 0 Å². The lowest BCUT2D eigenvalue weighted by molar-refractivity contribution is -0.120. The van der Waals surface area contributed by atoms with Crippen molar-refractivity contribution >= 4 is 17.7 Å². The molecule has 0 aliphatic carbocycles. The minimum atomic E-state index is 0.161. The van der Waals surface area contributed by atoms with Crippen molar-refractivity contribution in [3.63, 3.8) is 0 Å². The normalized spacial score (nSPS) is 10.3.